The summed E-state index contributed by atoms with van der Waals surface area (Å²) in [6.45, 7) is 3.96. The molecule has 0 unspecified atom stereocenters. The number of aryl methyl sites for hydroxylation is 2. The SMILES string of the molecule is Cc1noc(C)c1COc1ccccc1C(=O)Nc1cccc(Cl)c1. The fourth-order valence-corrected chi connectivity index (χ4v) is 2.59. The zero-order chi connectivity index (χ0) is 17.8. The van der Waals surface area contributed by atoms with Crippen molar-refractivity contribution >= 4 is 23.2 Å². The lowest BCUT2D eigenvalue weighted by Gasteiger charge is -2.12. The number of anilines is 1. The highest BCUT2D eigenvalue weighted by atomic mass is 35.5. The molecule has 128 valence electrons. The maximum atomic E-state index is 12.6. The lowest BCUT2D eigenvalue weighted by atomic mass is 10.1. The normalized spacial score (nSPS) is 10.5. The molecule has 0 bridgehead atoms. The predicted octanol–water partition coefficient (Wildman–Crippen LogP) is 4.78. The molecule has 0 aliphatic rings. The maximum absolute atomic E-state index is 12.6. The molecule has 1 N–H and O–H groups in total. The van der Waals surface area contributed by atoms with Gasteiger partial charge in [0.1, 0.15) is 18.1 Å². The topological polar surface area (TPSA) is 64.4 Å². The van der Waals surface area contributed by atoms with E-state index >= 15 is 0 Å². The van der Waals surface area contributed by atoms with Gasteiger partial charge in [-0.3, -0.25) is 4.79 Å². The lowest BCUT2D eigenvalue weighted by molar-refractivity contribution is 0.102. The van der Waals surface area contributed by atoms with Gasteiger partial charge >= 0.3 is 0 Å². The van der Waals surface area contributed by atoms with Gasteiger partial charge in [-0.1, -0.05) is 35.0 Å². The average molecular weight is 357 g/mol. The summed E-state index contributed by atoms with van der Waals surface area (Å²) in [6.07, 6.45) is 0. The number of ether oxygens (including phenoxy) is 1. The number of rotatable bonds is 5. The van der Waals surface area contributed by atoms with E-state index in [9.17, 15) is 4.79 Å². The van der Waals surface area contributed by atoms with Gasteiger partial charge in [-0.15, -0.1) is 0 Å². The molecule has 0 fully saturated rings. The summed E-state index contributed by atoms with van der Waals surface area (Å²) >= 11 is 5.95. The Hall–Kier alpha value is -2.79. The Bertz CT molecular complexity index is 886. The number of hydrogen-bond donors (Lipinski definition) is 1. The number of halogens is 1. The van der Waals surface area contributed by atoms with E-state index in [1.807, 2.05) is 19.9 Å². The minimum Gasteiger partial charge on any atom is -0.488 e. The van der Waals surface area contributed by atoms with Gasteiger partial charge in [-0.25, -0.2) is 0 Å². The first-order valence-electron chi connectivity index (χ1n) is 7.75. The second-order valence-electron chi connectivity index (χ2n) is 5.55. The monoisotopic (exact) mass is 356 g/mol. The van der Waals surface area contributed by atoms with Crippen LogP contribution in [0.2, 0.25) is 5.02 Å². The van der Waals surface area contributed by atoms with Crippen LogP contribution >= 0.6 is 11.6 Å². The molecule has 3 rings (SSSR count). The zero-order valence-corrected chi connectivity index (χ0v) is 14.6. The van der Waals surface area contributed by atoms with E-state index in [0.29, 0.717) is 27.8 Å². The Labute approximate surface area is 150 Å². The second kappa shape index (κ2) is 7.40. The predicted molar refractivity (Wildman–Crippen MR) is 96.2 cm³/mol. The first-order valence-corrected chi connectivity index (χ1v) is 8.13. The molecule has 5 nitrogen and oxygen atoms in total. The van der Waals surface area contributed by atoms with E-state index in [2.05, 4.69) is 10.5 Å². The summed E-state index contributed by atoms with van der Waals surface area (Å²) in [5, 5.41) is 7.28. The van der Waals surface area contributed by atoms with Crippen LogP contribution in [-0.4, -0.2) is 11.1 Å². The van der Waals surface area contributed by atoms with E-state index in [1.54, 1.807) is 42.5 Å². The third-order valence-corrected chi connectivity index (χ3v) is 4.00. The van der Waals surface area contributed by atoms with Crippen LogP contribution in [0.3, 0.4) is 0 Å². The standard InChI is InChI=1S/C19H17ClN2O3/c1-12-17(13(2)25-22-12)11-24-18-9-4-3-8-16(18)19(23)21-15-7-5-6-14(20)10-15/h3-10H,11H2,1-2H3,(H,21,23). The van der Waals surface area contributed by atoms with E-state index in [1.165, 1.54) is 0 Å². The Balaban J connectivity index is 1.77. The van der Waals surface area contributed by atoms with Crippen molar-refractivity contribution in [1.82, 2.24) is 5.16 Å². The van der Waals surface area contributed by atoms with Crippen LogP contribution < -0.4 is 10.1 Å². The van der Waals surface area contributed by atoms with Crippen molar-refractivity contribution in [3.63, 3.8) is 0 Å². The fraction of sp³-hybridized carbons (Fsp3) is 0.158. The van der Waals surface area contributed by atoms with Gasteiger partial charge in [0, 0.05) is 10.7 Å². The van der Waals surface area contributed by atoms with Gasteiger partial charge in [-0.2, -0.15) is 0 Å². The van der Waals surface area contributed by atoms with E-state index in [4.69, 9.17) is 20.9 Å². The molecule has 1 heterocycles. The van der Waals surface area contributed by atoms with E-state index in [0.717, 1.165) is 11.3 Å². The summed E-state index contributed by atoms with van der Waals surface area (Å²) in [4.78, 5) is 12.6. The number of carbonyl (C=O) groups excluding carboxylic acids is 1. The molecule has 2 aromatic carbocycles. The van der Waals surface area contributed by atoms with Crippen LogP contribution in [0.15, 0.2) is 53.1 Å². The number of benzene rings is 2. The number of carbonyl (C=O) groups is 1. The van der Waals surface area contributed by atoms with Crippen LogP contribution in [-0.2, 0) is 6.61 Å². The minimum absolute atomic E-state index is 0.267. The highest BCUT2D eigenvalue weighted by Gasteiger charge is 2.15. The van der Waals surface area contributed by atoms with Gasteiger partial charge in [0.25, 0.3) is 5.91 Å². The van der Waals surface area contributed by atoms with Gasteiger partial charge in [0.15, 0.2) is 0 Å². The molecule has 0 aliphatic carbocycles. The molecule has 0 saturated heterocycles. The van der Waals surface area contributed by atoms with Gasteiger partial charge in [0.2, 0.25) is 0 Å². The quantitative estimate of drug-likeness (QED) is 0.714. The second-order valence-corrected chi connectivity index (χ2v) is 5.99. The first-order chi connectivity index (χ1) is 12.0. The highest BCUT2D eigenvalue weighted by Crippen LogP contribution is 2.23. The number of aromatic nitrogens is 1. The molecule has 1 aromatic heterocycles. The van der Waals surface area contributed by atoms with Crippen molar-refractivity contribution in [2.45, 2.75) is 20.5 Å². The number of nitrogens with one attached hydrogen (secondary N) is 1. The van der Waals surface area contributed by atoms with Crippen molar-refractivity contribution < 1.29 is 14.1 Å². The van der Waals surface area contributed by atoms with Crippen molar-refractivity contribution in [2.75, 3.05) is 5.32 Å². The van der Waals surface area contributed by atoms with E-state index in [-0.39, 0.29) is 12.5 Å². The summed E-state index contributed by atoms with van der Waals surface area (Å²) in [7, 11) is 0. The smallest absolute Gasteiger partial charge is 0.259 e. The van der Waals surface area contributed by atoms with Crippen LogP contribution in [0.25, 0.3) is 0 Å². The van der Waals surface area contributed by atoms with Gasteiger partial charge in [-0.05, 0) is 44.2 Å². The summed E-state index contributed by atoms with van der Waals surface area (Å²) < 4.78 is 11.0. The van der Waals surface area contributed by atoms with Crippen molar-refractivity contribution in [2.24, 2.45) is 0 Å². The minimum atomic E-state index is -0.267. The molecule has 0 radical (unpaired) electrons. The largest absolute Gasteiger partial charge is 0.488 e. The lowest BCUT2D eigenvalue weighted by Crippen LogP contribution is -2.13. The Morgan fingerprint density at radius 3 is 2.72 bits per heavy atom. The number of hydrogen-bond acceptors (Lipinski definition) is 4. The molecule has 0 spiro atoms. The molecule has 1 amide bonds. The molecule has 3 aromatic rings. The third-order valence-electron chi connectivity index (χ3n) is 3.77. The third kappa shape index (κ3) is 4.00. The Morgan fingerprint density at radius 2 is 2.00 bits per heavy atom. The van der Waals surface area contributed by atoms with Crippen LogP contribution in [0.1, 0.15) is 27.4 Å². The first kappa shape index (κ1) is 17.0. The average Bonchev–Trinajstić information content (AvgIpc) is 2.91. The van der Waals surface area contributed by atoms with Crippen LogP contribution in [0, 0.1) is 13.8 Å². The number of para-hydroxylation sites is 1. The van der Waals surface area contributed by atoms with Gasteiger partial charge in [0.05, 0.1) is 16.8 Å². The summed E-state index contributed by atoms with van der Waals surface area (Å²) in [5.41, 5.74) is 2.72. The van der Waals surface area contributed by atoms with Crippen molar-refractivity contribution in [1.29, 1.82) is 0 Å². The molecule has 25 heavy (non-hydrogen) atoms. The van der Waals surface area contributed by atoms with Crippen LogP contribution in [0.4, 0.5) is 5.69 Å². The highest BCUT2D eigenvalue weighted by molar-refractivity contribution is 6.31. The zero-order valence-electron chi connectivity index (χ0n) is 13.9. The summed E-state index contributed by atoms with van der Waals surface area (Å²) in [5.74, 6) is 0.928. The maximum Gasteiger partial charge on any atom is 0.259 e. The fourth-order valence-electron chi connectivity index (χ4n) is 2.40. The Morgan fingerprint density at radius 1 is 1.20 bits per heavy atom. The number of nitrogens with zero attached hydrogens (tertiary/aromatic N) is 1. The summed E-state index contributed by atoms with van der Waals surface area (Å²) in [6, 6.07) is 14.1. The molecular weight excluding hydrogens is 340 g/mol. The number of amides is 1. The molecule has 6 heteroatoms. The van der Waals surface area contributed by atoms with E-state index < -0.39 is 0 Å². The molecule has 0 saturated carbocycles. The molecule has 0 atom stereocenters. The Kier molecular flexibility index (Phi) is 5.05. The van der Waals surface area contributed by atoms with Crippen LogP contribution in [0.5, 0.6) is 5.75 Å². The molecule has 0 aliphatic heterocycles. The van der Waals surface area contributed by atoms with Crippen molar-refractivity contribution in [3.05, 3.63) is 76.1 Å². The van der Waals surface area contributed by atoms with Crippen molar-refractivity contribution in [3.8, 4) is 5.75 Å². The van der Waals surface area contributed by atoms with Gasteiger partial charge < -0.3 is 14.6 Å². The molecular formula is C19H17ClN2O3.